The highest BCUT2D eigenvalue weighted by Crippen LogP contribution is 2.23. The van der Waals surface area contributed by atoms with Crippen LogP contribution in [0.25, 0.3) is 0 Å². The van der Waals surface area contributed by atoms with Crippen molar-refractivity contribution >= 4 is 15.9 Å². The number of benzene rings is 1. The molecule has 0 aromatic heterocycles. The first-order chi connectivity index (χ1) is 10.2. The molecule has 1 aromatic carbocycles. The SMILES string of the molecule is Cc1cc(C(=O)NCC2CNC2)cc(S(=O)(=O)N(C)C)c1C. The van der Waals surface area contributed by atoms with Crippen LogP contribution in [0.2, 0.25) is 0 Å². The summed E-state index contributed by atoms with van der Waals surface area (Å²) >= 11 is 0. The van der Waals surface area contributed by atoms with Crippen molar-refractivity contribution < 1.29 is 13.2 Å². The molecule has 7 heteroatoms. The van der Waals surface area contributed by atoms with E-state index >= 15 is 0 Å². The zero-order chi connectivity index (χ0) is 16.5. The molecule has 2 rings (SSSR count). The molecule has 1 aromatic rings. The number of amides is 1. The molecule has 0 saturated carbocycles. The van der Waals surface area contributed by atoms with Gasteiger partial charge in [-0.15, -0.1) is 0 Å². The van der Waals surface area contributed by atoms with Crippen LogP contribution in [0.5, 0.6) is 0 Å². The Labute approximate surface area is 131 Å². The predicted molar refractivity (Wildman–Crippen MR) is 85.5 cm³/mol. The topological polar surface area (TPSA) is 78.5 Å². The summed E-state index contributed by atoms with van der Waals surface area (Å²) in [6.07, 6.45) is 0. The van der Waals surface area contributed by atoms with Gasteiger partial charge in [-0.2, -0.15) is 0 Å². The Morgan fingerprint density at radius 3 is 2.45 bits per heavy atom. The van der Waals surface area contributed by atoms with Crippen molar-refractivity contribution in [3.63, 3.8) is 0 Å². The van der Waals surface area contributed by atoms with E-state index in [2.05, 4.69) is 10.6 Å². The Morgan fingerprint density at radius 1 is 1.32 bits per heavy atom. The van der Waals surface area contributed by atoms with E-state index in [1.54, 1.807) is 13.0 Å². The van der Waals surface area contributed by atoms with Gasteiger partial charge in [-0.3, -0.25) is 4.79 Å². The first kappa shape index (κ1) is 16.9. The third-order valence-electron chi connectivity index (χ3n) is 4.06. The minimum atomic E-state index is -3.57. The highest BCUT2D eigenvalue weighted by atomic mass is 32.2. The summed E-state index contributed by atoms with van der Waals surface area (Å²) in [4.78, 5) is 12.4. The van der Waals surface area contributed by atoms with Crippen LogP contribution in [-0.4, -0.2) is 52.4 Å². The van der Waals surface area contributed by atoms with Gasteiger partial charge in [0.05, 0.1) is 4.90 Å². The molecular formula is C15H23N3O3S. The second-order valence-electron chi connectivity index (χ2n) is 5.94. The molecule has 0 atom stereocenters. The fourth-order valence-corrected chi connectivity index (χ4v) is 3.47. The maximum atomic E-state index is 12.4. The number of hydrogen-bond acceptors (Lipinski definition) is 4. The lowest BCUT2D eigenvalue weighted by Gasteiger charge is -2.27. The second-order valence-corrected chi connectivity index (χ2v) is 8.06. The number of nitrogens with one attached hydrogen (secondary N) is 2. The number of hydrogen-bond donors (Lipinski definition) is 2. The number of aryl methyl sites for hydroxylation is 1. The van der Waals surface area contributed by atoms with Gasteiger partial charge >= 0.3 is 0 Å². The Morgan fingerprint density at radius 2 is 1.95 bits per heavy atom. The third-order valence-corrected chi connectivity index (χ3v) is 6.00. The Balaban J connectivity index is 2.29. The molecule has 1 fully saturated rings. The lowest BCUT2D eigenvalue weighted by atomic mass is 10.0. The fraction of sp³-hybridized carbons (Fsp3) is 0.533. The number of rotatable bonds is 5. The molecule has 1 saturated heterocycles. The van der Waals surface area contributed by atoms with Gasteiger partial charge < -0.3 is 10.6 Å². The molecule has 1 amide bonds. The van der Waals surface area contributed by atoms with Gasteiger partial charge in [0, 0.05) is 45.2 Å². The molecule has 122 valence electrons. The largest absolute Gasteiger partial charge is 0.352 e. The van der Waals surface area contributed by atoms with Crippen molar-refractivity contribution in [2.45, 2.75) is 18.7 Å². The van der Waals surface area contributed by atoms with Gasteiger partial charge in [-0.05, 0) is 37.1 Å². The molecule has 0 bridgehead atoms. The van der Waals surface area contributed by atoms with Crippen LogP contribution >= 0.6 is 0 Å². The van der Waals surface area contributed by atoms with Gasteiger partial charge in [-0.1, -0.05) is 0 Å². The molecule has 0 unspecified atom stereocenters. The lowest BCUT2D eigenvalue weighted by Crippen LogP contribution is -2.48. The van der Waals surface area contributed by atoms with Crippen molar-refractivity contribution in [3.8, 4) is 0 Å². The molecule has 0 spiro atoms. The molecule has 1 aliphatic heterocycles. The van der Waals surface area contributed by atoms with Gasteiger partial charge in [0.15, 0.2) is 0 Å². The summed E-state index contributed by atoms with van der Waals surface area (Å²) in [6.45, 7) is 6.00. The van der Waals surface area contributed by atoms with Crippen LogP contribution in [0.1, 0.15) is 21.5 Å². The maximum Gasteiger partial charge on any atom is 0.251 e. The first-order valence-corrected chi connectivity index (χ1v) is 8.70. The second kappa shape index (κ2) is 6.36. The molecule has 6 nitrogen and oxygen atoms in total. The zero-order valence-corrected chi connectivity index (χ0v) is 14.3. The number of carbonyl (C=O) groups is 1. The van der Waals surface area contributed by atoms with Gasteiger partial charge in [0.1, 0.15) is 0 Å². The van der Waals surface area contributed by atoms with Crippen LogP contribution in [0.15, 0.2) is 17.0 Å². The molecule has 1 heterocycles. The average Bonchev–Trinajstić information content (AvgIpc) is 2.39. The lowest BCUT2D eigenvalue weighted by molar-refractivity contribution is 0.0942. The summed E-state index contributed by atoms with van der Waals surface area (Å²) < 4.78 is 25.9. The number of carbonyl (C=O) groups excluding carboxylic acids is 1. The van der Waals surface area contributed by atoms with E-state index in [9.17, 15) is 13.2 Å². The quantitative estimate of drug-likeness (QED) is 0.826. The monoisotopic (exact) mass is 325 g/mol. The fourth-order valence-electron chi connectivity index (χ4n) is 2.25. The van der Waals surface area contributed by atoms with Gasteiger partial charge in [0.25, 0.3) is 5.91 Å². The van der Waals surface area contributed by atoms with E-state index in [1.165, 1.54) is 20.2 Å². The normalized spacial score (nSPS) is 15.7. The highest BCUT2D eigenvalue weighted by molar-refractivity contribution is 7.89. The number of nitrogens with zero attached hydrogens (tertiary/aromatic N) is 1. The minimum Gasteiger partial charge on any atom is -0.352 e. The standard InChI is InChI=1S/C15H23N3O3S/c1-10-5-13(15(19)17-9-12-7-16-8-12)6-14(11(10)2)22(20,21)18(3)4/h5-6,12,16H,7-9H2,1-4H3,(H,17,19). The summed E-state index contributed by atoms with van der Waals surface area (Å²) in [5.41, 5.74) is 1.85. The van der Waals surface area contributed by atoms with Crippen LogP contribution in [-0.2, 0) is 10.0 Å². The summed E-state index contributed by atoms with van der Waals surface area (Å²) in [5.74, 6) is 0.227. The molecular weight excluding hydrogens is 302 g/mol. The van der Waals surface area contributed by atoms with E-state index in [4.69, 9.17) is 0 Å². The van der Waals surface area contributed by atoms with E-state index < -0.39 is 10.0 Å². The predicted octanol–water partition coefficient (Wildman–Crippen LogP) is 0.503. The molecule has 2 N–H and O–H groups in total. The van der Waals surface area contributed by atoms with Crippen molar-refractivity contribution in [2.75, 3.05) is 33.7 Å². The molecule has 1 aliphatic rings. The summed E-state index contributed by atoms with van der Waals surface area (Å²) in [7, 11) is -0.594. The smallest absolute Gasteiger partial charge is 0.251 e. The van der Waals surface area contributed by atoms with Crippen molar-refractivity contribution in [3.05, 3.63) is 28.8 Å². The van der Waals surface area contributed by atoms with E-state index in [1.807, 2.05) is 6.92 Å². The van der Waals surface area contributed by atoms with Crippen LogP contribution < -0.4 is 10.6 Å². The van der Waals surface area contributed by atoms with Crippen molar-refractivity contribution in [1.82, 2.24) is 14.9 Å². The van der Waals surface area contributed by atoms with E-state index in [0.717, 1.165) is 23.0 Å². The highest BCUT2D eigenvalue weighted by Gasteiger charge is 2.23. The zero-order valence-electron chi connectivity index (χ0n) is 13.4. The van der Waals surface area contributed by atoms with Crippen LogP contribution in [0.3, 0.4) is 0 Å². The summed E-state index contributed by atoms with van der Waals surface area (Å²) in [6, 6.07) is 3.20. The number of sulfonamides is 1. The van der Waals surface area contributed by atoms with Crippen LogP contribution in [0.4, 0.5) is 0 Å². The van der Waals surface area contributed by atoms with Gasteiger partial charge in [0.2, 0.25) is 10.0 Å². The molecule has 0 aliphatic carbocycles. The van der Waals surface area contributed by atoms with Crippen molar-refractivity contribution in [1.29, 1.82) is 0 Å². The Bertz CT molecular complexity index is 680. The Hall–Kier alpha value is -1.44. The van der Waals surface area contributed by atoms with Crippen LogP contribution in [0, 0.1) is 19.8 Å². The third kappa shape index (κ3) is 3.31. The molecule has 0 radical (unpaired) electrons. The Kier molecular flexibility index (Phi) is 4.89. The van der Waals surface area contributed by atoms with E-state index in [-0.39, 0.29) is 10.8 Å². The van der Waals surface area contributed by atoms with Crippen molar-refractivity contribution in [2.24, 2.45) is 5.92 Å². The minimum absolute atomic E-state index is 0.188. The summed E-state index contributed by atoms with van der Waals surface area (Å²) in [5, 5.41) is 6.01. The van der Waals surface area contributed by atoms with E-state index in [0.29, 0.717) is 23.6 Å². The molecule has 22 heavy (non-hydrogen) atoms. The van der Waals surface area contributed by atoms with Gasteiger partial charge in [-0.25, -0.2) is 12.7 Å². The first-order valence-electron chi connectivity index (χ1n) is 7.26. The average molecular weight is 325 g/mol. The maximum absolute atomic E-state index is 12.4.